The van der Waals surface area contributed by atoms with Gasteiger partial charge in [-0.3, -0.25) is 4.40 Å². The second-order valence-corrected chi connectivity index (χ2v) is 5.37. The Morgan fingerprint density at radius 2 is 1.85 bits per heavy atom. The lowest BCUT2D eigenvalue weighted by molar-refractivity contribution is 0.834. The summed E-state index contributed by atoms with van der Waals surface area (Å²) in [6.07, 6.45) is 1.92. The monoisotopic (exact) mass is 286 g/mol. The third-order valence-electron chi connectivity index (χ3n) is 3.23. The quantitative estimate of drug-likeness (QED) is 0.780. The standard InChI is InChI=1S/C15H15ClN4/c1-9(2)11-8-20-13(16)14(17)19-12(15(20)18-11)10-6-4-3-5-7-10/h3-9H,17H2,1-2H3. The van der Waals surface area contributed by atoms with Crippen molar-refractivity contribution in [3.8, 4) is 11.3 Å². The van der Waals surface area contributed by atoms with Gasteiger partial charge in [-0.2, -0.15) is 0 Å². The molecule has 0 spiro atoms. The number of imidazole rings is 1. The molecule has 20 heavy (non-hydrogen) atoms. The number of nitrogen functional groups attached to an aromatic ring is 1. The zero-order valence-corrected chi connectivity index (χ0v) is 12.1. The van der Waals surface area contributed by atoms with Gasteiger partial charge < -0.3 is 5.73 Å². The summed E-state index contributed by atoms with van der Waals surface area (Å²) >= 11 is 6.24. The molecule has 3 aromatic rings. The van der Waals surface area contributed by atoms with Crippen molar-refractivity contribution in [1.29, 1.82) is 0 Å². The zero-order chi connectivity index (χ0) is 14.3. The molecule has 0 aliphatic carbocycles. The van der Waals surface area contributed by atoms with Gasteiger partial charge in [-0.05, 0) is 5.92 Å². The van der Waals surface area contributed by atoms with E-state index in [2.05, 4.69) is 23.8 Å². The second kappa shape index (κ2) is 4.80. The van der Waals surface area contributed by atoms with Gasteiger partial charge in [-0.1, -0.05) is 55.8 Å². The van der Waals surface area contributed by atoms with E-state index < -0.39 is 0 Å². The van der Waals surface area contributed by atoms with E-state index in [0.29, 0.717) is 16.9 Å². The first kappa shape index (κ1) is 12.9. The molecule has 102 valence electrons. The Labute approximate surface area is 122 Å². The maximum absolute atomic E-state index is 6.24. The van der Waals surface area contributed by atoms with Gasteiger partial charge in [-0.25, -0.2) is 9.97 Å². The van der Waals surface area contributed by atoms with E-state index >= 15 is 0 Å². The highest BCUT2D eigenvalue weighted by atomic mass is 35.5. The molecule has 3 rings (SSSR count). The lowest BCUT2D eigenvalue weighted by Gasteiger charge is -2.07. The van der Waals surface area contributed by atoms with E-state index in [1.54, 1.807) is 0 Å². The SMILES string of the molecule is CC(C)c1cn2c(Cl)c(N)nc(-c3ccccc3)c2n1. The maximum atomic E-state index is 6.24. The number of hydrogen-bond acceptors (Lipinski definition) is 3. The van der Waals surface area contributed by atoms with Crippen molar-refractivity contribution >= 4 is 23.1 Å². The van der Waals surface area contributed by atoms with Crippen LogP contribution in [0.4, 0.5) is 5.82 Å². The van der Waals surface area contributed by atoms with E-state index in [1.807, 2.05) is 40.9 Å². The molecule has 0 amide bonds. The fourth-order valence-electron chi connectivity index (χ4n) is 2.12. The average Bonchev–Trinajstić information content (AvgIpc) is 2.89. The Hall–Kier alpha value is -2.07. The highest BCUT2D eigenvalue weighted by Gasteiger charge is 2.16. The van der Waals surface area contributed by atoms with Crippen LogP contribution in [0.3, 0.4) is 0 Å². The molecular formula is C15H15ClN4. The number of aromatic nitrogens is 3. The van der Waals surface area contributed by atoms with Crippen LogP contribution in [0.25, 0.3) is 16.9 Å². The van der Waals surface area contributed by atoms with Crippen LogP contribution >= 0.6 is 11.6 Å². The molecule has 1 aromatic carbocycles. The summed E-state index contributed by atoms with van der Waals surface area (Å²) in [5.41, 5.74) is 9.35. The van der Waals surface area contributed by atoms with Crippen LogP contribution in [-0.2, 0) is 0 Å². The summed E-state index contributed by atoms with van der Waals surface area (Å²) in [6, 6.07) is 9.86. The topological polar surface area (TPSA) is 56.2 Å². The summed E-state index contributed by atoms with van der Waals surface area (Å²) in [4.78, 5) is 9.06. The largest absolute Gasteiger partial charge is 0.381 e. The molecule has 2 aromatic heterocycles. The Balaban J connectivity index is 2.35. The predicted molar refractivity (Wildman–Crippen MR) is 81.9 cm³/mol. The molecule has 0 radical (unpaired) electrons. The molecule has 0 unspecified atom stereocenters. The van der Waals surface area contributed by atoms with Gasteiger partial charge in [-0.15, -0.1) is 0 Å². The first-order valence-corrected chi connectivity index (χ1v) is 6.85. The summed E-state index contributed by atoms with van der Waals surface area (Å²) in [6.45, 7) is 4.18. The second-order valence-electron chi connectivity index (χ2n) is 5.02. The molecule has 0 saturated carbocycles. The van der Waals surface area contributed by atoms with Crippen LogP contribution in [0, 0.1) is 0 Å². The molecule has 0 fully saturated rings. The highest BCUT2D eigenvalue weighted by molar-refractivity contribution is 6.32. The summed E-state index contributed by atoms with van der Waals surface area (Å²) in [7, 11) is 0. The van der Waals surface area contributed by atoms with Crippen molar-refractivity contribution in [3.63, 3.8) is 0 Å². The Morgan fingerprint density at radius 1 is 1.15 bits per heavy atom. The van der Waals surface area contributed by atoms with E-state index in [9.17, 15) is 0 Å². The fourth-order valence-corrected chi connectivity index (χ4v) is 2.29. The van der Waals surface area contributed by atoms with E-state index in [4.69, 9.17) is 17.3 Å². The number of nitrogens with two attached hydrogens (primary N) is 1. The van der Waals surface area contributed by atoms with Crippen LogP contribution in [0.2, 0.25) is 5.15 Å². The van der Waals surface area contributed by atoms with E-state index in [0.717, 1.165) is 22.6 Å². The van der Waals surface area contributed by atoms with Crippen LogP contribution in [0.5, 0.6) is 0 Å². The van der Waals surface area contributed by atoms with Gasteiger partial charge in [0.2, 0.25) is 0 Å². The van der Waals surface area contributed by atoms with E-state index in [-0.39, 0.29) is 0 Å². The Bertz CT molecular complexity index is 762. The van der Waals surface area contributed by atoms with Gasteiger partial charge in [0.15, 0.2) is 16.6 Å². The van der Waals surface area contributed by atoms with Crippen molar-refractivity contribution in [2.75, 3.05) is 5.73 Å². The van der Waals surface area contributed by atoms with Gasteiger partial charge in [0.1, 0.15) is 5.69 Å². The number of fused-ring (bicyclic) bond motifs is 1. The van der Waals surface area contributed by atoms with Gasteiger partial charge in [0.25, 0.3) is 0 Å². The minimum Gasteiger partial charge on any atom is -0.381 e. The molecule has 4 nitrogen and oxygen atoms in total. The molecule has 2 heterocycles. The first-order chi connectivity index (χ1) is 9.58. The minimum absolute atomic E-state index is 0.311. The third kappa shape index (κ3) is 2.02. The molecule has 0 aliphatic rings. The average molecular weight is 287 g/mol. The molecule has 0 saturated heterocycles. The molecular weight excluding hydrogens is 272 g/mol. The number of rotatable bonds is 2. The number of anilines is 1. The molecule has 0 aliphatic heterocycles. The van der Waals surface area contributed by atoms with Gasteiger partial charge >= 0.3 is 0 Å². The zero-order valence-electron chi connectivity index (χ0n) is 11.3. The van der Waals surface area contributed by atoms with Crippen LogP contribution < -0.4 is 5.73 Å². The van der Waals surface area contributed by atoms with Gasteiger partial charge in [0.05, 0.1) is 5.69 Å². The summed E-state index contributed by atoms with van der Waals surface area (Å²) in [5.74, 6) is 0.626. The number of hydrogen-bond donors (Lipinski definition) is 1. The lowest BCUT2D eigenvalue weighted by atomic mass is 10.1. The van der Waals surface area contributed by atoms with Crippen molar-refractivity contribution < 1.29 is 0 Å². The van der Waals surface area contributed by atoms with E-state index in [1.165, 1.54) is 0 Å². The number of nitrogens with zero attached hydrogens (tertiary/aromatic N) is 3. The summed E-state index contributed by atoms with van der Waals surface area (Å²) < 4.78 is 1.81. The lowest BCUT2D eigenvalue weighted by Crippen LogP contribution is -2.00. The molecule has 2 N–H and O–H groups in total. The van der Waals surface area contributed by atoms with Crippen LogP contribution in [0.1, 0.15) is 25.5 Å². The Morgan fingerprint density at radius 3 is 2.50 bits per heavy atom. The van der Waals surface area contributed by atoms with Crippen molar-refractivity contribution in [3.05, 3.63) is 47.4 Å². The Kier molecular flexibility index (Phi) is 3.10. The fraction of sp³-hybridized carbons (Fsp3) is 0.200. The van der Waals surface area contributed by atoms with Crippen molar-refractivity contribution in [1.82, 2.24) is 14.4 Å². The van der Waals surface area contributed by atoms with Crippen LogP contribution in [0.15, 0.2) is 36.5 Å². The molecule has 5 heteroatoms. The highest BCUT2D eigenvalue weighted by Crippen LogP contribution is 2.29. The summed E-state index contributed by atoms with van der Waals surface area (Å²) in [5, 5.41) is 0.402. The molecule has 0 bridgehead atoms. The van der Waals surface area contributed by atoms with Gasteiger partial charge in [0, 0.05) is 11.8 Å². The smallest absolute Gasteiger partial charge is 0.165 e. The first-order valence-electron chi connectivity index (χ1n) is 6.47. The number of benzene rings is 1. The molecule has 0 atom stereocenters. The third-order valence-corrected chi connectivity index (χ3v) is 3.61. The maximum Gasteiger partial charge on any atom is 0.165 e. The normalized spacial score (nSPS) is 11.4. The minimum atomic E-state index is 0.311. The van der Waals surface area contributed by atoms with Crippen molar-refractivity contribution in [2.24, 2.45) is 0 Å². The predicted octanol–water partition coefficient (Wildman–Crippen LogP) is 3.76. The number of halogens is 1. The van der Waals surface area contributed by atoms with Crippen molar-refractivity contribution in [2.45, 2.75) is 19.8 Å². The van der Waals surface area contributed by atoms with Crippen LogP contribution in [-0.4, -0.2) is 14.4 Å².